The summed E-state index contributed by atoms with van der Waals surface area (Å²) < 4.78 is 5.80. The molecule has 0 spiro atoms. The van der Waals surface area contributed by atoms with E-state index in [1.165, 1.54) is 31.5 Å². The number of rotatable bonds is 7. The van der Waals surface area contributed by atoms with Gasteiger partial charge in [0.2, 0.25) is 0 Å². The Bertz CT molecular complexity index is 359. The Morgan fingerprint density at radius 1 is 1.20 bits per heavy atom. The molecule has 3 heteroatoms. The molecule has 1 aromatic rings. The molecule has 1 aliphatic rings. The standard InChI is InChI=1S/C17H28N2O/c1-15(2)18-12-16-8-10-19(11-9-16)14-20-13-17-6-4-3-5-7-17/h3-7,15-16,18H,8-14H2,1-2H3. The van der Waals surface area contributed by atoms with E-state index in [9.17, 15) is 0 Å². The normalized spacial score (nSPS) is 17.8. The fourth-order valence-corrected chi connectivity index (χ4v) is 2.59. The van der Waals surface area contributed by atoms with Gasteiger partial charge in [-0.1, -0.05) is 44.2 Å². The molecule has 1 fully saturated rings. The van der Waals surface area contributed by atoms with Crippen molar-refractivity contribution in [1.82, 2.24) is 10.2 Å². The van der Waals surface area contributed by atoms with Crippen molar-refractivity contribution in [3.63, 3.8) is 0 Å². The van der Waals surface area contributed by atoms with Crippen molar-refractivity contribution < 1.29 is 4.74 Å². The smallest absolute Gasteiger partial charge is 0.0994 e. The molecule has 0 saturated carbocycles. The van der Waals surface area contributed by atoms with Gasteiger partial charge in [-0.15, -0.1) is 0 Å². The van der Waals surface area contributed by atoms with E-state index in [0.29, 0.717) is 6.04 Å². The van der Waals surface area contributed by atoms with E-state index in [0.717, 1.165) is 25.8 Å². The first-order chi connectivity index (χ1) is 9.74. The minimum Gasteiger partial charge on any atom is -0.361 e. The molecular formula is C17H28N2O. The Morgan fingerprint density at radius 3 is 2.55 bits per heavy atom. The Morgan fingerprint density at radius 2 is 1.90 bits per heavy atom. The lowest BCUT2D eigenvalue weighted by molar-refractivity contribution is 0.00212. The molecule has 0 aromatic heterocycles. The quantitative estimate of drug-likeness (QED) is 0.829. The Labute approximate surface area is 123 Å². The largest absolute Gasteiger partial charge is 0.361 e. The van der Waals surface area contributed by atoms with E-state index in [4.69, 9.17) is 4.74 Å². The summed E-state index contributed by atoms with van der Waals surface area (Å²) in [6, 6.07) is 11.0. The number of benzene rings is 1. The van der Waals surface area contributed by atoms with Gasteiger partial charge in [0.15, 0.2) is 0 Å². The van der Waals surface area contributed by atoms with Crippen LogP contribution < -0.4 is 5.32 Å². The van der Waals surface area contributed by atoms with Crippen molar-refractivity contribution in [1.29, 1.82) is 0 Å². The lowest BCUT2D eigenvalue weighted by Crippen LogP contribution is -2.39. The first kappa shape index (κ1) is 15.5. The van der Waals surface area contributed by atoms with Crippen LogP contribution in [0.1, 0.15) is 32.3 Å². The molecule has 1 N–H and O–H groups in total. The van der Waals surface area contributed by atoms with Gasteiger partial charge in [-0.05, 0) is 30.9 Å². The van der Waals surface area contributed by atoms with Crippen molar-refractivity contribution in [2.45, 2.75) is 39.3 Å². The predicted octanol–water partition coefficient (Wildman–Crippen LogP) is 2.87. The summed E-state index contributed by atoms with van der Waals surface area (Å²) in [6.07, 6.45) is 2.57. The van der Waals surface area contributed by atoms with Gasteiger partial charge < -0.3 is 10.1 Å². The lowest BCUT2D eigenvalue weighted by Gasteiger charge is -2.32. The number of nitrogens with one attached hydrogen (secondary N) is 1. The van der Waals surface area contributed by atoms with Gasteiger partial charge in [0, 0.05) is 19.1 Å². The summed E-state index contributed by atoms with van der Waals surface area (Å²) in [5.41, 5.74) is 1.25. The Balaban J connectivity index is 1.58. The highest BCUT2D eigenvalue weighted by molar-refractivity contribution is 5.13. The van der Waals surface area contributed by atoms with E-state index in [1.807, 2.05) is 6.07 Å². The van der Waals surface area contributed by atoms with Crippen molar-refractivity contribution in [3.05, 3.63) is 35.9 Å². The molecule has 0 unspecified atom stereocenters. The molecule has 0 bridgehead atoms. The number of hydrogen-bond acceptors (Lipinski definition) is 3. The minimum atomic E-state index is 0.599. The first-order valence-corrected chi connectivity index (χ1v) is 7.81. The third-order valence-electron chi connectivity index (χ3n) is 3.91. The molecule has 2 rings (SSSR count). The highest BCUT2D eigenvalue weighted by Crippen LogP contribution is 2.16. The van der Waals surface area contributed by atoms with Crippen LogP contribution >= 0.6 is 0 Å². The number of ether oxygens (including phenoxy) is 1. The van der Waals surface area contributed by atoms with Gasteiger partial charge in [0.1, 0.15) is 0 Å². The van der Waals surface area contributed by atoms with Gasteiger partial charge in [-0.25, -0.2) is 0 Å². The van der Waals surface area contributed by atoms with Crippen molar-refractivity contribution >= 4 is 0 Å². The van der Waals surface area contributed by atoms with Gasteiger partial charge >= 0.3 is 0 Å². The minimum absolute atomic E-state index is 0.599. The molecule has 112 valence electrons. The second-order valence-electron chi connectivity index (χ2n) is 6.09. The number of hydrogen-bond donors (Lipinski definition) is 1. The topological polar surface area (TPSA) is 24.5 Å². The van der Waals surface area contributed by atoms with Crippen LogP contribution in [0, 0.1) is 5.92 Å². The zero-order chi connectivity index (χ0) is 14.2. The molecule has 20 heavy (non-hydrogen) atoms. The van der Waals surface area contributed by atoms with Crippen LogP contribution in [-0.4, -0.2) is 37.3 Å². The highest BCUT2D eigenvalue weighted by atomic mass is 16.5. The van der Waals surface area contributed by atoms with Crippen molar-refractivity contribution in [2.24, 2.45) is 5.92 Å². The SMILES string of the molecule is CC(C)NCC1CCN(COCc2ccccc2)CC1. The number of piperidine rings is 1. The molecule has 0 atom stereocenters. The third-order valence-corrected chi connectivity index (χ3v) is 3.91. The highest BCUT2D eigenvalue weighted by Gasteiger charge is 2.18. The van der Waals surface area contributed by atoms with Crippen LogP contribution in [-0.2, 0) is 11.3 Å². The summed E-state index contributed by atoms with van der Waals surface area (Å²) >= 11 is 0. The summed E-state index contributed by atoms with van der Waals surface area (Å²) in [6.45, 7) is 9.41. The van der Waals surface area contributed by atoms with Crippen LogP contribution in [0.2, 0.25) is 0 Å². The zero-order valence-electron chi connectivity index (χ0n) is 12.8. The number of likely N-dealkylation sites (tertiary alicyclic amines) is 1. The average Bonchev–Trinajstić information content (AvgIpc) is 2.47. The van der Waals surface area contributed by atoms with E-state index in [-0.39, 0.29) is 0 Å². The van der Waals surface area contributed by atoms with Gasteiger partial charge in [-0.2, -0.15) is 0 Å². The van der Waals surface area contributed by atoms with Crippen LogP contribution in [0.5, 0.6) is 0 Å². The average molecular weight is 276 g/mol. The van der Waals surface area contributed by atoms with Crippen LogP contribution in [0.3, 0.4) is 0 Å². The summed E-state index contributed by atoms with van der Waals surface area (Å²) in [5, 5.41) is 3.54. The van der Waals surface area contributed by atoms with E-state index < -0.39 is 0 Å². The number of nitrogens with zero attached hydrogens (tertiary/aromatic N) is 1. The Kier molecular flexibility index (Phi) is 6.51. The molecular weight excluding hydrogens is 248 g/mol. The summed E-state index contributed by atoms with van der Waals surface area (Å²) in [4.78, 5) is 2.43. The molecule has 1 saturated heterocycles. The lowest BCUT2D eigenvalue weighted by atomic mass is 9.97. The first-order valence-electron chi connectivity index (χ1n) is 7.81. The molecule has 1 aromatic carbocycles. The fraction of sp³-hybridized carbons (Fsp3) is 0.647. The fourth-order valence-electron chi connectivity index (χ4n) is 2.59. The van der Waals surface area contributed by atoms with E-state index in [2.05, 4.69) is 48.3 Å². The maximum Gasteiger partial charge on any atom is 0.0994 e. The molecule has 0 radical (unpaired) electrons. The monoisotopic (exact) mass is 276 g/mol. The van der Waals surface area contributed by atoms with Crippen LogP contribution in [0.25, 0.3) is 0 Å². The third kappa shape index (κ3) is 5.61. The van der Waals surface area contributed by atoms with Gasteiger partial charge in [-0.3, -0.25) is 4.90 Å². The molecule has 0 amide bonds. The predicted molar refractivity (Wildman–Crippen MR) is 83.5 cm³/mol. The second kappa shape index (κ2) is 8.40. The van der Waals surface area contributed by atoms with E-state index >= 15 is 0 Å². The zero-order valence-corrected chi connectivity index (χ0v) is 12.8. The summed E-state index contributed by atoms with van der Waals surface area (Å²) in [5.74, 6) is 0.836. The van der Waals surface area contributed by atoms with Crippen LogP contribution in [0.4, 0.5) is 0 Å². The van der Waals surface area contributed by atoms with Crippen LogP contribution in [0.15, 0.2) is 30.3 Å². The van der Waals surface area contributed by atoms with Crippen molar-refractivity contribution in [3.8, 4) is 0 Å². The Hall–Kier alpha value is -0.900. The molecule has 1 heterocycles. The molecule has 3 nitrogen and oxygen atoms in total. The van der Waals surface area contributed by atoms with Gasteiger partial charge in [0.25, 0.3) is 0 Å². The molecule has 0 aliphatic carbocycles. The van der Waals surface area contributed by atoms with Crippen molar-refractivity contribution in [2.75, 3.05) is 26.4 Å². The van der Waals surface area contributed by atoms with Gasteiger partial charge in [0.05, 0.1) is 13.3 Å². The maximum atomic E-state index is 5.80. The maximum absolute atomic E-state index is 5.80. The van der Waals surface area contributed by atoms with E-state index in [1.54, 1.807) is 0 Å². The molecule has 1 aliphatic heterocycles. The summed E-state index contributed by atoms with van der Waals surface area (Å²) in [7, 11) is 0. The second-order valence-corrected chi connectivity index (χ2v) is 6.09.